The summed E-state index contributed by atoms with van der Waals surface area (Å²) in [6.45, 7) is 5.08. The number of fused-ring (bicyclic) bond motifs is 13. The van der Waals surface area contributed by atoms with Gasteiger partial charge in [0.05, 0.1) is 57.2 Å². The second-order valence-corrected chi connectivity index (χ2v) is 10.1. The number of nitrogens with one attached hydrogen (secondary N) is 2. The molecule has 0 spiro atoms. The highest BCUT2D eigenvalue weighted by Gasteiger charge is 2.21. The first-order chi connectivity index (χ1) is 20.5. The molecular formula is C30H36N6O6. The maximum absolute atomic E-state index is 13.4. The molecule has 0 radical (unpaired) electrons. The first-order valence-corrected chi connectivity index (χ1v) is 14.0. The average Bonchev–Trinajstić information content (AvgIpc) is 2.97. The fourth-order valence-corrected chi connectivity index (χ4v) is 4.52. The highest BCUT2D eigenvalue weighted by molar-refractivity contribution is 6.06. The number of likely N-dealkylation sites (N-methyl/N-ethyl adjacent to an activating group) is 1. The summed E-state index contributed by atoms with van der Waals surface area (Å²) in [5, 5.41) is 6.36. The van der Waals surface area contributed by atoms with Gasteiger partial charge < -0.3 is 40.2 Å². The lowest BCUT2D eigenvalue weighted by Crippen LogP contribution is -2.36. The van der Waals surface area contributed by atoms with Crippen molar-refractivity contribution >= 4 is 23.3 Å². The third kappa shape index (κ3) is 7.39. The van der Waals surface area contributed by atoms with E-state index in [1.54, 1.807) is 42.3 Å². The monoisotopic (exact) mass is 576 g/mol. The maximum Gasteiger partial charge on any atom is 0.278 e. The number of nitrogens with zero attached hydrogens (tertiary/aromatic N) is 3. The van der Waals surface area contributed by atoms with Crippen molar-refractivity contribution in [1.82, 2.24) is 20.2 Å². The number of hydrogen-bond donors (Lipinski definition) is 3. The number of benzene rings is 2. The van der Waals surface area contributed by atoms with E-state index in [2.05, 4.69) is 20.6 Å². The molecule has 0 aliphatic carbocycles. The van der Waals surface area contributed by atoms with E-state index in [0.717, 1.165) is 25.3 Å². The first kappa shape index (κ1) is 29.4. The molecule has 42 heavy (non-hydrogen) atoms. The van der Waals surface area contributed by atoms with Crippen molar-refractivity contribution in [3.8, 4) is 17.0 Å². The SMILES string of the molecule is CN1CCOCCOCCOc2c(CNCC3COC3)cccc2NC(=O)c2nc(cnc2N)-c2ccc(cc2)C1=O. The summed E-state index contributed by atoms with van der Waals surface area (Å²) >= 11 is 0. The van der Waals surface area contributed by atoms with Gasteiger partial charge in [0.2, 0.25) is 0 Å². The van der Waals surface area contributed by atoms with Gasteiger partial charge in [0.15, 0.2) is 11.5 Å². The van der Waals surface area contributed by atoms with Gasteiger partial charge >= 0.3 is 0 Å². The highest BCUT2D eigenvalue weighted by Crippen LogP contribution is 2.30. The summed E-state index contributed by atoms with van der Waals surface area (Å²) < 4.78 is 22.7. The number of ether oxygens (including phenoxy) is 4. The van der Waals surface area contributed by atoms with Gasteiger partial charge in [-0.3, -0.25) is 9.59 Å². The van der Waals surface area contributed by atoms with Gasteiger partial charge in [-0.2, -0.15) is 0 Å². The number of nitrogens with two attached hydrogens (primary N) is 1. The van der Waals surface area contributed by atoms with Crippen molar-refractivity contribution in [2.24, 2.45) is 5.92 Å². The predicted octanol–water partition coefficient (Wildman–Crippen LogP) is 2.21. The van der Waals surface area contributed by atoms with Gasteiger partial charge in [-0.05, 0) is 18.2 Å². The van der Waals surface area contributed by atoms with Gasteiger partial charge in [0.25, 0.3) is 11.8 Å². The second-order valence-electron chi connectivity index (χ2n) is 10.1. The minimum Gasteiger partial charge on any atom is -0.489 e. The number of amides is 2. The van der Waals surface area contributed by atoms with Gasteiger partial charge in [-0.15, -0.1) is 0 Å². The van der Waals surface area contributed by atoms with Crippen LogP contribution in [0, 0.1) is 5.92 Å². The summed E-state index contributed by atoms with van der Waals surface area (Å²) in [6, 6.07) is 12.5. The lowest BCUT2D eigenvalue weighted by molar-refractivity contribution is -0.0307. The van der Waals surface area contributed by atoms with Gasteiger partial charge in [0, 0.05) is 49.3 Å². The molecule has 0 atom stereocenters. The minimum atomic E-state index is -0.521. The Hall–Kier alpha value is -4.10. The third-order valence-corrected chi connectivity index (χ3v) is 7.01. The number of carbonyl (C=O) groups is 2. The topological polar surface area (TPSA) is 150 Å². The van der Waals surface area contributed by atoms with E-state index in [1.807, 2.05) is 12.1 Å². The summed E-state index contributed by atoms with van der Waals surface area (Å²) in [6.07, 6.45) is 1.50. The van der Waals surface area contributed by atoms with E-state index in [4.69, 9.17) is 24.7 Å². The number of rotatable bonds is 4. The quantitative estimate of drug-likeness (QED) is 0.395. The van der Waals surface area contributed by atoms with Crippen LogP contribution >= 0.6 is 0 Å². The molecule has 0 saturated carbocycles. The highest BCUT2D eigenvalue weighted by atomic mass is 16.5. The number of anilines is 2. The Labute approximate surface area is 244 Å². The van der Waals surface area contributed by atoms with Crippen LogP contribution in [-0.4, -0.2) is 93.1 Å². The Morgan fingerprint density at radius 2 is 1.71 bits per heavy atom. The Morgan fingerprint density at radius 3 is 2.48 bits per heavy atom. The van der Waals surface area contributed by atoms with Crippen LogP contribution < -0.4 is 21.1 Å². The van der Waals surface area contributed by atoms with Crippen LogP contribution in [0.3, 0.4) is 0 Å². The molecule has 2 aromatic carbocycles. The summed E-state index contributed by atoms with van der Waals surface area (Å²) in [4.78, 5) is 36.6. The lowest BCUT2D eigenvalue weighted by atomic mass is 10.1. The van der Waals surface area contributed by atoms with Crippen molar-refractivity contribution in [3.63, 3.8) is 0 Å². The van der Waals surface area contributed by atoms with Crippen molar-refractivity contribution < 1.29 is 28.5 Å². The van der Waals surface area contributed by atoms with E-state index in [-0.39, 0.29) is 24.0 Å². The fraction of sp³-hybridized carbons (Fsp3) is 0.400. The van der Waals surface area contributed by atoms with E-state index >= 15 is 0 Å². The van der Waals surface area contributed by atoms with Gasteiger partial charge in [0.1, 0.15) is 12.4 Å². The van der Waals surface area contributed by atoms with Crippen LogP contribution in [0.5, 0.6) is 5.75 Å². The molecular weight excluding hydrogens is 540 g/mol. The smallest absolute Gasteiger partial charge is 0.278 e. The molecule has 4 N–H and O–H groups in total. The number of aromatic nitrogens is 2. The zero-order chi connectivity index (χ0) is 29.3. The zero-order valence-corrected chi connectivity index (χ0v) is 23.6. The molecule has 0 unspecified atom stereocenters. The van der Waals surface area contributed by atoms with E-state index in [0.29, 0.717) is 73.7 Å². The van der Waals surface area contributed by atoms with Crippen LogP contribution in [-0.2, 0) is 20.8 Å². The number of para-hydroxylation sites is 1. The van der Waals surface area contributed by atoms with Crippen LogP contribution in [0.1, 0.15) is 26.4 Å². The molecule has 1 saturated heterocycles. The average molecular weight is 577 g/mol. The van der Waals surface area contributed by atoms with Crippen LogP contribution in [0.25, 0.3) is 11.3 Å². The molecule has 3 aromatic rings. The van der Waals surface area contributed by atoms with Crippen molar-refractivity contribution in [2.45, 2.75) is 6.54 Å². The van der Waals surface area contributed by atoms with E-state index in [1.165, 1.54) is 6.20 Å². The third-order valence-electron chi connectivity index (χ3n) is 7.01. The number of hydrogen-bond acceptors (Lipinski definition) is 10. The Balaban J connectivity index is 1.40. The van der Waals surface area contributed by atoms with Gasteiger partial charge in [-0.1, -0.05) is 24.3 Å². The summed E-state index contributed by atoms with van der Waals surface area (Å²) in [7, 11) is 1.73. The summed E-state index contributed by atoms with van der Waals surface area (Å²) in [5.41, 5.74) is 9.10. The van der Waals surface area contributed by atoms with Crippen molar-refractivity contribution in [3.05, 3.63) is 65.5 Å². The molecule has 1 aromatic heterocycles. The number of nitrogen functional groups attached to an aromatic ring is 1. The van der Waals surface area contributed by atoms with E-state index in [9.17, 15) is 9.59 Å². The molecule has 222 valence electrons. The molecule has 4 heterocycles. The lowest BCUT2D eigenvalue weighted by Gasteiger charge is -2.26. The molecule has 2 amide bonds. The molecule has 6 rings (SSSR count). The molecule has 12 heteroatoms. The fourth-order valence-electron chi connectivity index (χ4n) is 4.52. The second kappa shape index (κ2) is 14.2. The molecule has 3 aliphatic heterocycles. The van der Waals surface area contributed by atoms with Crippen LogP contribution in [0.2, 0.25) is 0 Å². The predicted molar refractivity (Wildman–Crippen MR) is 156 cm³/mol. The van der Waals surface area contributed by atoms with Crippen LogP contribution in [0.4, 0.5) is 11.5 Å². The van der Waals surface area contributed by atoms with E-state index < -0.39 is 5.91 Å². The van der Waals surface area contributed by atoms with Crippen molar-refractivity contribution in [1.29, 1.82) is 0 Å². The molecule has 12 nitrogen and oxygen atoms in total. The summed E-state index contributed by atoms with van der Waals surface area (Å²) in [5.74, 6) is 0.378. The minimum absolute atomic E-state index is 0.00208. The molecule has 1 fully saturated rings. The zero-order valence-electron chi connectivity index (χ0n) is 23.6. The van der Waals surface area contributed by atoms with Gasteiger partial charge in [-0.25, -0.2) is 9.97 Å². The Kier molecular flexibility index (Phi) is 9.93. The number of carbonyl (C=O) groups excluding carboxylic acids is 2. The Morgan fingerprint density at radius 1 is 0.976 bits per heavy atom. The van der Waals surface area contributed by atoms with Crippen LogP contribution in [0.15, 0.2) is 48.7 Å². The Bertz CT molecular complexity index is 1380. The largest absolute Gasteiger partial charge is 0.489 e. The standard InChI is InChI=1S/C30H36N6O6/c1-36-9-10-39-11-12-40-13-14-42-27-23(16-32-15-20-18-41-19-20)3-2-4-24(27)35-29(37)26-28(31)33-17-25(34-26)21-5-7-22(8-6-21)30(36)38/h2-8,17,20,32H,9-16,18-19H2,1H3,(H2,31,33)(H,35,37). The van der Waals surface area contributed by atoms with Crippen molar-refractivity contribution in [2.75, 3.05) is 77.4 Å². The normalized spacial score (nSPS) is 17.3. The maximum atomic E-state index is 13.4. The first-order valence-electron chi connectivity index (χ1n) is 14.0. The molecule has 3 aliphatic rings. The molecule has 4 bridgehead atoms.